The summed E-state index contributed by atoms with van der Waals surface area (Å²) in [6.45, 7) is 2.09. The van der Waals surface area contributed by atoms with E-state index in [4.69, 9.17) is 18.9 Å². The van der Waals surface area contributed by atoms with Crippen LogP contribution in [-0.4, -0.2) is 44.1 Å². The molecule has 26 heavy (non-hydrogen) atoms. The third-order valence-electron chi connectivity index (χ3n) is 5.05. The van der Waals surface area contributed by atoms with Gasteiger partial charge in [-0.05, 0) is 50.2 Å². The Hall–Kier alpha value is -2.60. The first-order valence-corrected chi connectivity index (χ1v) is 8.79. The number of hydrogen-bond donors (Lipinski definition) is 1. The van der Waals surface area contributed by atoms with Gasteiger partial charge in [0.2, 0.25) is 6.79 Å². The Labute approximate surface area is 152 Å². The molecule has 0 aromatic heterocycles. The fraction of sp³-hybridized carbons (Fsp3) is 0.400. The van der Waals surface area contributed by atoms with Crippen molar-refractivity contribution < 1.29 is 24.1 Å². The number of ether oxygens (including phenoxy) is 4. The summed E-state index contributed by atoms with van der Waals surface area (Å²) in [6, 6.07) is 9.11. The molecule has 2 aliphatic rings. The van der Waals surface area contributed by atoms with Crippen molar-refractivity contribution in [1.82, 2.24) is 4.90 Å². The first-order valence-electron chi connectivity index (χ1n) is 8.79. The van der Waals surface area contributed by atoms with Gasteiger partial charge in [-0.3, -0.25) is 4.90 Å². The summed E-state index contributed by atoms with van der Waals surface area (Å²) in [5, 5.41) is 10.7. The first kappa shape index (κ1) is 16.8. The molecule has 2 heterocycles. The minimum Gasteiger partial charge on any atom is -0.507 e. The van der Waals surface area contributed by atoms with Gasteiger partial charge in [0, 0.05) is 17.2 Å². The van der Waals surface area contributed by atoms with Crippen LogP contribution in [0.3, 0.4) is 0 Å². The van der Waals surface area contributed by atoms with E-state index in [2.05, 4.69) is 4.90 Å². The fourth-order valence-corrected chi connectivity index (χ4v) is 3.78. The maximum absolute atomic E-state index is 10.7. The minimum absolute atomic E-state index is 0.156. The van der Waals surface area contributed by atoms with Gasteiger partial charge in [-0.25, -0.2) is 0 Å². The Morgan fingerprint density at radius 2 is 1.69 bits per heavy atom. The van der Waals surface area contributed by atoms with Crippen LogP contribution in [0, 0.1) is 0 Å². The zero-order valence-corrected chi connectivity index (χ0v) is 15.0. The van der Waals surface area contributed by atoms with E-state index in [-0.39, 0.29) is 18.6 Å². The number of phenols is 1. The van der Waals surface area contributed by atoms with E-state index < -0.39 is 0 Å². The lowest BCUT2D eigenvalue weighted by Gasteiger charge is -2.30. The highest BCUT2D eigenvalue weighted by atomic mass is 16.7. The Morgan fingerprint density at radius 3 is 2.38 bits per heavy atom. The molecule has 6 heteroatoms. The van der Waals surface area contributed by atoms with Crippen LogP contribution in [0.2, 0.25) is 0 Å². The quantitative estimate of drug-likeness (QED) is 0.886. The molecule has 0 amide bonds. The molecule has 138 valence electrons. The van der Waals surface area contributed by atoms with E-state index in [0.29, 0.717) is 11.5 Å². The van der Waals surface area contributed by atoms with Gasteiger partial charge >= 0.3 is 0 Å². The van der Waals surface area contributed by atoms with E-state index in [1.165, 1.54) is 0 Å². The largest absolute Gasteiger partial charge is 0.507 e. The standard InChI is InChI=1S/C20H23NO5/c1-23-13-5-6-17(24-2)15(9-13)20(21-7-3-4-8-21)14-10-18-19(11-16(14)22)26-12-25-18/h5-6,9-11,20,22H,3-4,7-8,12H2,1-2H3/t20-/m1/s1. The molecule has 4 rings (SSSR count). The molecule has 0 saturated carbocycles. The zero-order chi connectivity index (χ0) is 18.1. The van der Waals surface area contributed by atoms with Crippen LogP contribution in [0.25, 0.3) is 0 Å². The van der Waals surface area contributed by atoms with E-state index in [9.17, 15) is 5.11 Å². The predicted molar refractivity (Wildman–Crippen MR) is 96.4 cm³/mol. The Kier molecular flexibility index (Phi) is 4.51. The van der Waals surface area contributed by atoms with Gasteiger partial charge < -0.3 is 24.1 Å². The van der Waals surface area contributed by atoms with E-state index in [0.717, 1.165) is 48.6 Å². The van der Waals surface area contributed by atoms with Gasteiger partial charge in [0.15, 0.2) is 11.5 Å². The van der Waals surface area contributed by atoms with Gasteiger partial charge in [-0.2, -0.15) is 0 Å². The van der Waals surface area contributed by atoms with Crippen molar-refractivity contribution in [2.45, 2.75) is 18.9 Å². The summed E-state index contributed by atoms with van der Waals surface area (Å²) in [6.07, 6.45) is 2.27. The maximum atomic E-state index is 10.7. The summed E-state index contributed by atoms with van der Waals surface area (Å²) >= 11 is 0. The molecule has 2 aliphatic heterocycles. The molecule has 0 aliphatic carbocycles. The van der Waals surface area contributed by atoms with Crippen LogP contribution >= 0.6 is 0 Å². The molecule has 1 saturated heterocycles. The monoisotopic (exact) mass is 357 g/mol. The van der Waals surface area contributed by atoms with E-state index >= 15 is 0 Å². The van der Waals surface area contributed by atoms with Crippen LogP contribution < -0.4 is 18.9 Å². The van der Waals surface area contributed by atoms with Crippen LogP contribution in [0.4, 0.5) is 0 Å². The van der Waals surface area contributed by atoms with Gasteiger partial charge in [0.25, 0.3) is 0 Å². The number of methoxy groups -OCH3 is 2. The molecule has 0 radical (unpaired) electrons. The second kappa shape index (κ2) is 6.96. The second-order valence-corrected chi connectivity index (χ2v) is 6.52. The second-order valence-electron chi connectivity index (χ2n) is 6.52. The zero-order valence-electron chi connectivity index (χ0n) is 15.0. The van der Waals surface area contributed by atoms with Crippen molar-refractivity contribution in [2.24, 2.45) is 0 Å². The lowest BCUT2D eigenvalue weighted by Crippen LogP contribution is -2.27. The van der Waals surface area contributed by atoms with Gasteiger partial charge in [-0.1, -0.05) is 0 Å². The van der Waals surface area contributed by atoms with Crippen LogP contribution in [0.1, 0.15) is 30.0 Å². The average molecular weight is 357 g/mol. The predicted octanol–water partition coefficient (Wildman–Crippen LogP) is 3.32. The molecule has 0 spiro atoms. The third kappa shape index (κ3) is 2.90. The Bertz CT molecular complexity index is 801. The van der Waals surface area contributed by atoms with Gasteiger partial charge in [0.05, 0.1) is 20.3 Å². The molecule has 1 N–H and O–H groups in total. The van der Waals surface area contributed by atoms with Crippen molar-refractivity contribution in [3.63, 3.8) is 0 Å². The number of aromatic hydroxyl groups is 1. The summed E-state index contributed by atoms with van der Waals surface area (Å²) in [5.74, 6) is 2.94. The SMILES string of the molecule is COc1ccc(OC)c([C@@H](c2cc3c(cc2O)OCO3)N2CCCC2)c1. The first-order chi connectivity index (χ1) is 12.7. The van der Waals surface area contributed by atoms with E-state index in [1.54, 1.807) is 20.3 Å². The van der Waals surface area contributed by atoms with E-state index in [1.807, 2.05) is 24.3 Å². The normalized spacial score (nSPS) is 17.3. The Morgan fingerprint density at radius 1 is 0.962 bits per heavy atom. The van der Waals surface area contributed by atoms with Crippen molar-refractivity contribution in [3.05, 3.63) is 41.5 Å². The van der Waals surface area contributed by atoms with Crippen molar-refractivity contribution in [1.29, 1.82) is 0 Å². The molecule has 6 nitrogen and oxygen atoms in total. The van der Waals surface area contributed by atoms with Gasteiger partial charge in [-0.15, -0.1) is 0 Å². The summed E-state index contributed by atoms with van der Waals surface area (Å²) in [5.41, 5.74) is 1.74. The van der Waals surface area contributed by atoms with Crippen LogP contribution in [0.5, 0.6) is 28.7 Å². The molecule has 2 aromatic carbocycles. The Balaban J connectivity index is 1.87. The molecular weight excluding hydrogens is 334 g/mol. The number of benzene rings is 2. The van der Waals surface area contributed by atoms with Crippen molar-refractivity contribution >= 4 is 0 Å². The van der Waals surface area contributed by atoms with Crippen molar-refractivity contribution in [3.8, 4) is 28.7 Å². The summed E-state index contributed by atoms with van der Waals surface area (Å²) in [4.78, 5) is 2.36. The molecule has 0 unspecified atom stereocenters. The molecule has 2 aromatic rings. The molecule has 1 atom stereocenters. The molecular formula is C20H23NO5. The topological polar surface area (TPSA) is 60.4 Å². The van der Waals surface area contributed by atoms with Gasteiger partial charge in [0.1, 0.15) is 17.2 Å². The van der Waals surface area contributed by atoms with Crippen LogP contribution in [-0.2, 0) is 0 Å². The number of nitrogens with zero attached hydrogens (tertiary/aromatic N) is 1. The molecule has 0 bridgehead atoms. The van der Waals surface area contributed by atoms with Crippen LogP contribution in [0.15, 0.2) is 30.3 Å². The number of rotatable bonds is 5. The highest BCUT2D eigenvalue weighted by Gasteiger charge is 2.31. The molecule has 1 fully saturated rings. The number of hydrogen-bond acceptors (Lipinski definition) is 6. The number of fused-ring (bicyclic) bond motifs is 1. The fourth-order valence-electron chi connectivity index (χ4n) is 3.78. The maximum Gasteiger partial charge on any atom is 0.231 e. The third-order valence-corrected chi connectivity index (χ3v) is 5.05. The summed E-state index contributed by atoms with van der Waals surface area (Å²) in [7, 11) is 3.31. The number of phenolic OH excluding ortho intramolecular Hbond substituents is 1. The highest BCUT2D eigenvalue weighted by molar-refractivity contribution is 5.56. The average Bonchev–Trinajstić information content (AvgIpc) is 3.34. The lowest BCUT2D eigenvalue weighted by atomic mass is 9.94. The minimum atomic E-state index is -0.156. The smallest absolute Gasteiger partial charge is 0.231 e. The lowest BCUT2D eigenvalue weighted by molar-refractivity contribution is 0.173. The van der Waals surface area contributed by atoms with Crippen molar-refractivity contribution in [2.75, 3.05) is 34.1 Å². The summed E-state index contributed by atoms with van der Waals surface area (Å²) < 4.78 is 22.0. The highest BCUT2D eigenvalue weighted by Crippen LogP contribution is 2.46. The number of likely N-dealkylation sites (tertiary alicyclic amines) is 1.